The molecule has 1 saturated heterocycles. The van der Waals surface area contributed by atoms with Crippen LogP contribution in [-0.4, -0.2) is 58.9 Å². The van der Waals surface area contributed by atoms with E-state index in [1.54, 1.807) is 46.0 Å². The van der Waals surface area contributed by atoms with Gasteiger partial charge in [-0.1, -0.05) is 18.5 Å². The first-order chi connectivity index (χ1) is 22.1. The number of rotatable bonds is 5. The predicted molar refractivity (Wildman–Crippen MR) is 176 cm³/mol. The largest absolute Gasteiger partial charge is 0.480 e. The average molecular weight is 670 g/mol. The predicted octanol–water partition coefficient (Wildman–Crippen LogP) is 6.16. The van der Waals surface area contributed by atoms with Gasteiger partial charge in [-0.05, 0) is 76.1 Å². The van der Waals surface area contributed by atoms with Gasteiger partial charge in [0.15, 0.2) is 12.4 Å². The SMILES string of the molecule is CC1CC(NC(=O)OC(C)(C)C)CN(c2nc(Nc3ccc4c(c3)c3c(c(=O)n4C)OCC(F)(F)[C@H](C4CC4)N3)c(Cl)cc2C#N)C1. The second-order valence-electron chi connectivity index (χ2n) is 13.8. The van der Waals surface area contributed by atoms with Gasteiger partial charge in [-0.3, -0.25) is 4.79 Å². The molecule has 0 radical (unpaired) electrons. The Morgan fingerprint density at radius 1 is 1.26 bits per heavy atom. The molecule has 2 fully saturated rings. The lowest BCUT2D eigenvalue weighted by atomic mass is 9.95. The minimum absolute atomic E-state index is 0.148. The fourth-order valence-electron chi connectivity index (χ4n) is 6.42. The number of aromatic nitrogens is 2. The van der Waals surface area contributed by atoms with Gasteiger partial charge in [0.1, 0.15) is 17.5 Å². The van der Waals surface area contributed by atoms with Gasteiger partial charge in [0.2, 0.25) is 5.75 Å². The number of alkyl halides is 2. The molecule has 1 aliphatic carbocycles. The van der Waals surface area contributed by atoms with Crippen LogP contribution in [-0.2, 0) is 11.8 Å². The number of alkyl carbamates (subject to hydrolysis) is 1. The lowest BCUT2D eigenvalue weighted by Crippen LogP contribution is -2.51. The fraction of sp³-hybridized carbons (Fsp3) is 0.515. The molecule has 3 atom stereocenters. The zero-order chi connectivity index (χ0) is 33.8. The van der Waals surface area contributed by atoms with Gasteiger partial charge < -0.3 is 34.9 Å². The summed E-state index contributed by atoms with van der Waals surface area (Å²) in [6.45, 7) is 7.58. The van der Waals surface area contributed by atoms with Gasteiger partial charge in [-0.25, -0.2) is 18.6 Å². The number of halogens is 3. The molecule has 6 rings (SSSR count). The Labute approximate surface area is 276 Å². The quantitative estimate of drug-likeness (QED) is 0.292. The molecule has 0 spiro atoms. The number of amides is 1. The highest BCUT2D eigenvalue weighted by atomic mass is 35.5. The van der Waals surface area contributed by atoms with Crippen molar-refractivity contribution in [2.75, 3.05) is 35.2 Å². The highest BCUT2D eigenvalue weighted by Crippen LogP contribution is 2.46. The number of pyridine rings is 2. The van der Waals surface area contributed by atoms with E-state index in [-0.39, 0.29) is 45.7 Å². The number of benzene rings is 1. The number of ether oxygens (including phenoxy) is 2. The standard InChI is InChI=1S/C33H38ClF2N7O4/c1-17-10-21(39-31(45)47-32(2,3)4)15-43(14-17)29-19(13-37)11-23(34)28(41-29)38-20-8-9-24-22(12-20)25-26(30(44)42(24)5)46-16-33(35,36)27(40-25)18-6-7-18/h8-9,11-12,17-18,21,27,40H,6-7,10,14-16H2,1-5H3,(H,38,41)(H,39,45)/t17?,21?,27-/m0/s1. The maximum Gasteiger partial charge on any atom is 0.407 e. The van der Waals surface area contributed by atoms with Crippen LogP contribution in [0, 0.1) is 23.2 Å². The Balaban J connectivity index is 1.33. The van der Waals surface area contributed by atoms with Crippen molar-refractivity contribution in [1.82, 2.24) is 14.9 Å². The zero-order valence-corrected chi connectivity index (χ0v) is 27.7. The highest BCUT2D eigenvalue weighted by molar-refractivity contribution is 6.33. The van der Waals surface area contributed by atoms with E-state index in [0.29, 0.717) is 48.3 Å². The number of anilines is 4. The summed E-state index contributed by atoms with van der Waals surface area (Å²) in [5.41, 5.74) is 0.411. The normalized spacial score (nSPS) is 22.3. The zero-order valence-electron chi connectivity index (χ0n) is 26.9. The number of hydrogen-bond donors (Lipinski definition) is 3. The fourth-order valence-corrected chi connectivity index (χ4v) is 6.61. The van der Waals surface area contributed by atoms with Crippen LogP contribution in [0.3, 0.4) is 0 Å². The molecule has 2 aliphatic heterocycles. The molecule has 11 nitrogen and oxygen atoms in total. The summed E-state index contributed by atoms with van der Waals surface area (Å²) < 4.78 is 42.4. The first kappa shape index (κ1) is 32.6. The number of carbonyl (C=O) groups is 1. The van der Waals surface area contributed by atoms with Crippen molar-refractivity contribution in [1.29, 1.82) is 5.26 Å². The molecule has 1 aromatic carbocycles. The topological polar surface area (TPSA) is 134 Å². The first-order valence-electron chi connectivity index (χ1n) is 15.7. The summed E-state index contributed by atoms with van der Waals surface area (Å²) >= 11 is 6.62. The Hall–Kier alpha value is -4.31. The number of nitrogens with one attached hydrogen (secondary N) is 3. The van der Waals surface area contributed by atoms with Crippen molar-refractivity contribution in [3.8, 4) is 11.8 Å². The highest BCUT2D eigenvalue weighted by Gasteiger charge is 2.51. The molecule has 1 saturated carbocycles. The van der Waals surface area contributed by atoms with Crippen LogP contribution in [0.4, 0.5) is 36.6 Å². The Bertz CT molecular complexity index is 1830. The molecule has 2 unspecified atom stereocenters. The van der Waals surface area contributed by atoms with Gasteiger partial charge in [0.05, 0.1) is 33.9 Å². The number of fused-ring (bicyclic) bond motifs is 3. The smallest absolute Gasteiger partial charge is 0.407 e. The van der Waals surface area contributed by atoms with Crippen molar-refractivity contribution in [2.45, 2.75) is 70.6 Å². The molecule has 3 aromatic rings. The Kier molecular flexibility index (Phi) is 8.36. The van der Waals surface area contributed by atoms with Crippen LogP contribution in [0.25, 0.3) is 10.9 Å². The average Bonchev–Trinajstić information content (AvgIpc) is 3.83. The van der Waals surface area contributed by atoms with Gasteiger partial charge >= 0.3 is 12.0 Å². The molecule has 1 amide bonds. The number of nitrogens with zero attached hydrogens (tertiary/aromatic N) is 4. The number of hydrogen-bond acceptors (Lipinski definition) is 9. The van der Waals surface area contributed by atoms with E-state index < -0.39 is 35.8 Å². The molecule has 250 valence electrons. The summed E-state index contributed by atoms with van der Waals surface area (Å²) in [5.74, 6) is -2.66. The second kappa shape index (κ2) is 12.0. The van der Waals surface area contributed by atoms with Crippen LogP contribution in [0.15, 0.2) is 29.1 Å². The van der Waals surface area contributed by atoms with Crippen molar-refractivity contribution < 1.29 is 23.0 Å². The van der Waals surface area contributed by atoms with Crippen molar-refractivity contribution >= 4 is 51.6 Å². The molecule has 4 heterocycles. The summed E-state index contributed by atoms with van der Waals surface area (Å²) in [6.07, 6.45) is 1.57. The van der Waals surface area contributed by atoms with E-state index in [4.69, 9.17) is 26.1 Å². The van der Waals surface area contributed by atoms with E-state index in [9.17, 15) is 14.9 Å². The van der Waals surface area contributed by atoms with Crippen LogP contribution in [0.1, 0.15) is 52.5 Å². The third kappa shape index (κ3) is 6.74. The lowest BCUT2D eigenvalue weighted by Gasteiger charge is -2.38. The van der Waals surface area contributed by atoms with E-state index in [1.165, 1.54) is 10.6 Å². The molecule has 0 bridgehead atoms. The van der Waals surface area contributed by atoms with Gasteiger partial charge in [-0.2, -0.15) is 5.26 Å². The lowest BCUT2D eigenvalue weighted by molar-refractivity contribution is -0.0579. The monoisotopic (exact) mass is 669 g/mol. The molecule has 14 heteroatoms. The van der Waals surface area contributed by atoms with Gasteiger partial charge in [-0.15, -0.1) is 0 Å². The number of piperidine rings is 1. The van der Waals surface area contributed by atoms with Crippen LogP contribution in [0.2, 0.25) is 5.02 Å². The van der Waals surface area contributed by atoms with Gasteiger partial charge in [0, 0.05) is 31.2 Å². The molecule has 47 heavy (non-hydrogen) atoms. The minimum atomic E-state index is -3.16. The van der Waals surface area contributed by atoms with Gasteiger partial charge in [0.25, 0.3) is 5.56 Å². The van der Waals surface area contributed by atoms with Crippen LogP contribution >= 0.6 is 11.6 Å². The van der Waals surface area contributed by atoms with Crippen LogP contribution < -0.4 is 31.1 Å². The molecular weight excluding hydrogens is 632 g/mol. The Morgan fingerprint density at radius 2 is 2.00 bits per heavy atom. The number of nitriles is 1. The maximum atomic E-state index is 15.1. The summed E-state index contributed by atoms with van der Waals surface area (Å²) in [5, 5.41) is 19.8. The van der Waals surface area contributed by atoms with Crippen molar-refractivity contribution in [2.24, 2.45) is 18.9 Å². The maximum absolute atomic E-state index is 15.1. The summed E-state index contributed by atoms with van der Waals surface area (Å²) in [4.78, 5) is 32.4. The van der Waals surface area contributed by atoms with E-state index in [0.717, 1.165) is 6.42 Å². The van der Waals surface area contributed by atoms with Crippen molar-refractivity contribution in [3.05, 3.63) is 45.2 Å². The molecule has 3 aliphatic rings. The van der Waals surface area contributed by atoms with E-state index in [2.05, 4.69) is 28.9 Å². The molecule has 2 aromatic heterocycles. The van der Waals surface area contributed by atoms with Crippen molar-refractivity contribution in [3.63, 3.8) is 0 Å². The number of carbonyl (C=O) groups excluding carboxylic acids is 1. The second-order valence-corrected chi connectivity index (χ2v) is 14.2. The summed E-state index contributed by atoms with van der Waals surface area (Å²) in [6, 6.07) is 7.51. The van der Waals surface area contributed by atoms with E-state index in [1.807, 2.05) is 4.90 Å². The third-order valence-electron chi connectivity index (χ3n) is 8.63. The molecule has 3 N–H and O–H groups in total. The Morgan fingerprint density at radius 3 is 2.68 bits per heavy atom. The first-order valence-corrected chi connectivity index (χ1v) is 16.1. The van der Waals surface area contributed by atoms with E-state index >= 15 is 8.78 Å². The minimum Gasteiger partial charge on any atom is -0.480 e. The van der Waals surface area contributed by atoms with Crippen LogP contribution in [0.5, 0.6) is 5.75 Å². The summed E-state index contributed by atoms with van der Waals surface area (Å²) in [7, 11) is 1.57. The third-order valence-corrected chi connectivity index (χ3v) is 8.92. The number of aryl methyl sites for hydroxylation is 1. The molecular formula is C33H38ClF2N7O4.